The molecular formula is C12H16N6O2. The van der Waals surface area contributed by atoms with Gasteiger partial charge in [0.15, 0.2) is 0 Å². The summed E-state index contributed by atoms with van der Waals surface area (Å²) in [4.78, 5) is 19.1. The number of carboxylic acids is 1. The molecule has 0 bridgehead atoms. The largest absolute Gasteiger partial charge is 0.480 e. The van der Waals surface area contributed by atoms with Crippen molar-refractivity contribution in [3.8, 4) is 0 Å². The molecule has 106 valence electrons. The van der Waals surface area contributed by atoms with Gasteiger partial charge in [-0.25, -0.2) is 14.6 Å². The quantitative estimate of drug-likeness (QED) is 0.797. The molecule has 0 saturated heterocycles. The molecule has 8 heteroatoms. The standard InChI is InChI=1S/C12H16N6O2/c1-3-9-4-11(15-8(2)14-9)13-5-10-6-18(17-16-10)7-12(19)20/h4,6H,3,5,7H2,1-2H3,(H,19,20)(H,13,14,15). The maximum absolute atomic E-state index is 10.5. The summed E-state index contributed by atoms with van der Waals surface area (Å²) in [7, 11) is 0. The first-order valence-corrected chi connectivity index (χ1v) is 6.26. The summed E-state index contributed by atoms with van der Waals surface area (Å²) in [6.07, 6.45) is 2.43. The van der Waals surface area contributed by atoms with E-state index in [0.717, 1.165) is 17.9 Å². The number of aromatic nitrogens is 5. The molecule has 2 aromatic heterocycles. The topological polar surface area (TPSA) is 106 Å². The van der Waals surface area contributed by atoms with Gasteiger partial charge in [0.25, 0.3) is 0 Å². The third-order valence-corrected chi connectivity index (χ3v) is 2.59. The molecule has 0 radical (unpaired) electrons. The number of hydrogen-bond acceptors (Lipinski definition) is 6. The van der Waals surface area contributed by atoms with E-state index in [4.69, 9.17) is 5.11 Å². The van der Waals surface area contributed by atoms with Crippen LogP contribution in [0.25, 0.3) is 0 Å². The number of carboxylic acid groups (broad SMARTS) is 1. The van der Waals surface area contributed by atoms with E-state index in [1.165, 1.54) is 4.68 Å². The Kier molecular flexibility index (Phi) is 4.24. The molecule has 0 aliphatic rings. The van der Waals surface area contributed by atoms with Gasteiger partial charge in [-0.15, -0.1) is 5.10 Å². The third kappa shape index (κ3) is 3.74. The van der Waals surface area contributed by atoms with Gasteiger partial charge in [-0.3, -0.25) is 4.79 Å². The minimum Gasteiger partial charge on any atom is -0.480 e. The third-order valence-electron chi connectivity index (χ3n) is 2.59. The summed E-state index contributed by atoms with van der Waals surface area (Å²) < 4.78 is 1.28. The van der Waals surface area contributed by atoms with Gasteiger partial charge in [0.05, 0.1) is 12.7 Å². The van der Waals surface area contributed by atoms with Crippen molar-refractivity contribution in [3.05, 3.63) is 29.5 Å². The number of anilines is 1. The lowest BCUT2D eigenvalue weighted by atomic mass is 10.3. The van der Waals surface area contributed by atoms with Gasteiger partial charge in [0, 0.05) is 11.8 Å². The van der Waals surface area contributed by atoms with Crippen LogP contribution in [0.3, 0.4) is 0 Å². The first-order valence-electron chi connectivity index (χ1n) is 6.26. The molecule has 8 nitrogen and oxygen atoms in total. The minimum atomic E-state index is -0.951. The highest BCUT2D eigenvalue weighted by molar-refractivity contribution is 5.66. The lowest BCUT2D eigenvalue weighted by Gasteiger charge is -2.06. The molecular weight excluding hydrogens is 260 g/mol. The molecule has 0 aliphatic heterocycles. The Labute approximate surface area is 115 Å². The highest BCUT2D eigenvalue weighted by Crippen LogP contribution is 2.08. The molecule has 0 fully saturated rings. The van der Waals surface area contributed by atoms with Crippen LogP contribution in [-0.2, 0) is 24.3 Å². The Morgan fingerprint density at radius 2 is 2.20 bits per heavy atom. The minimum absolute atomic E-state index is 0.195. The van der Waals surface area contributed by atoms with Gasteiger partial charge < -0.3 is 10.4 Å². The van der Waals surface area contributed by atoms with Crippen molar-refractivity contribution in [2.75, 3.05) is 5.32 Å². The first-order chi connectivity index (χ1) is 9.56. The molecule has 2 N–H and O–H groups in total. The average molecular weight is 276 g/mol. The number of aryl methyl sites for hydroxylation is 2. The second-order valence-corrected chi connectivity index (χ2v) is 4.30. The van der Waals surface area contributed by atoms with E-state index in [9.17, 15) is 4.79 Å². The van der Waals surface area contributed by atoms with E-state index >= 15 is 0 Å². The Morgan fingerprint density at radius 1 is 1.40 bits per heavy atom. The highest BCUT2D eigenvalue weighted by atomic mass is 16.4. The lowest BCUT2D eigenvalue weighted by molar-refractivity contribution is -0.137. The van der Waals surface area contributed by atoms with Crippen molar-refractivity contribution in [2.24, 2.45) is 0 Å². The van der Waals surface area contributed by atoms with Crippen molar-refractivity contribution in [1.82, 2.24) is 25.0 Å². The van der Waals surface area contributed by atoms with Crippen molar-refractivity contribution < 1.29 is 9.90 Å². The fourth-order valence-corrected chi connectivity index (χ4v) is 1.72. The van der Waals surface area contributed by atoms with Gasteiger partial charge in [-0.05, 0) is 13.3 Å². The molecule has 0 aromatic carbocycles. The van der Waals surface area contributed by atoms with Crippen LogP contribution in [0.15, 0.2) is 12.3 Å². The maximum atomic E-state index is 10.5. The molecule has 2 aromatic rings. The second-order valence-electron chi connectivity index (χ2n) is 4.30. The van der Waals surface area contributed by atoms with Crippen LogP contribution in [0.5, 0.6) is 0 Å². The van der Waals surface area contributed by atoms with Crippen LogP contribution in [-0.4, -0.2) is 36.0 Å². The van der Waals surface area contributed by atoms with Gasteiger partial charge in [-0.2, -0.15) is 0 Å². The van der Waals surface area contributed by atoms with Crippen molar-refractivity contribution >= 4 is 11.8 Å². The highest BCUT2D eigenvalue weighted by Gasteiger charge is 2.05. The fraction of sp³-hybridized carbons (Fsp3) is 0.417. The fourth-order valence-electron chi connectivity index (χ4n) is 1.72. The van der Waals surface area contributed by atoms with E-state index in [-0.39, 0.29) is 6.54 Å². The van der Waals surface area contributed by atoms with E-state index < -0.39 is 5.97 Å². The number of rotatable bonds is 6. The van der Waals surface area contributed by atoms with Crippen LogP contribution in [0.2, 0.25) is 0 Å². The molecule has 2 heterocycles. The van der Waals surface area contributed by atoms with E-state index in [2.05, 4.69) is 25.6 Å². The van der Waals surface area contributed by atoms with Crippen LogP contribution < -0.4 is 5.32 Å². The molecule has 0 aliphatic carbocycles. The lowest BCUT2D eigenvalue weighted by Crippen LogP contribution is -2.09. The number of nitrogens with zero attached hydrogens (tertiary/aromatic N) is 5. The molecule has 0 atom stereocenters. The summed E-state index contributed by atoms with van der Waals surface area (Å²) in [6, 6.07) is 1.88. The normalized spacial score (nSPS) is 10.5. The van der Waals surface area contributed by atoms with Crippen LogP contribution in [0, 0.1) is 6.92 Å². The number of aliphatic carboxylic acids is 1. The van der Waals surface area contributed by atoms with Crippen LogP contribution >= 0.6 is 0 Å². The van der Waals surface area contributed by atoms with Gasteiger partial charge >= 0.3 is 5.97 Å². The average Bonchev–Trinajstić information content (AvgIpc) is 2.82. The summed E-state index contributed by atoms with van der Waals surface area (Å²) in [6.45, 7) is 4.11. The molecule has 0 unspecified atom stereocenters. The zero-order chi connectivity index (χ0) is 14.5. The van der Waals surface area contributed by atoms with Crippen molar-refractivity contribution in [3.63, 3.8) is 0 Å². The van der Waals surface area contributed by atoms with Gasteiger partial charge in [0.1, 0.15) is 23.9 Å². The Balaban J connectivity index is 1.99. The molecule has 2 rings (SSSR count). The SMILES string of the molecule is CCc1cc(NCc2cn(CC(=O)O)nn2)nc(C)n1. The summed E-state index contributed by atoms with van der Waals surface area (Å²) >= 11 is 0. The zero-order valence-electron chi connectivity index (χ0n) is 11.4. The summed E-state index contributed by atoms with van der Waals surface area (Å²) in [5.41, 5.74) is 1.62. The first kappa shape index (κ1) is 13.9. The smallest absolute Gasteiger partial charge is 0.325 e. The summed E-state index contributed by atoms with van der Waals surface area (Å²) in [5, 5.41) is 19.4. The van der Waals surface area contributed by atoms with Crippen LogP contribution in [0.4, 0.5) is 5.82 Å². The van der Waals surface area contributed by atoms with Gasteiger partial charge in [0.2, 0.25) is 0 Å². The number of nitrogens with one attached hydrogen (secondary N) is 1. The Morgan fingerprint density at radius 3 is 2.90 bits per heavy atom. The number of hydrogen-bond donors (Lipinski definition) is 2. The monoisotopic (exact) mass is 276 g/mol. The predicted octanol–water partition coefficient (Wildman–Crippen LogP) is 0.636. The molecule has 0 amide bonds. The Hall–Kier alpha value is -2.51. The molecule has 20 heavy (non-hydrogen) atoms. The van der Waals surface area contributed by atoms with E-state index in [1.54, 1.807) is 6.20 Å². The van der Waals surface area contributed by atoms with Crippen molar-refractivity contribution in [2.45, 2.75) is 33.4 Å². The maximum Gasteiger partial charge on any atom is 0.325 e. The van der Waals surface area contributed by atoms with E-state index in [0.29, 0.717) is 18.1 Å². The van der Waals surface area contributed by atoms with E-state index in [1.807, 2.05) is 19.9 Å². The predicted molar refractivity (Wildman–Crippen MR) is 71.1 cm³/mol. The molecule has 0 saturated carbocycles. The zero-order valence-corrected chi connectivity index (χ0v) is 11.4. The van der Waals surface area contributed by atoms with Gasteiger partial charge in [-0.1, -0.05) is 12.1 Å². The summed E-state index contributed by atoms with van der Waals surface area (Å²) in [5.74, 6) is 0.483. The number of carbonyl (C=O) groups is 1. The van der Waals surface area contributed by atoms with Crippen LogP contribution in [0.1, 0.15) is 24.1 Å². The Bertz CT molecular complexity index is 610. The van der Waals surface area contributed by atoms with Crippen molar-refractivity contribution in [1.29, 1.82) is 0 Å². The molecule has 0 spiro atoms. The second kappa shape index (κ2) is 6.09.